The van der Waals surface area contributed by atoms with Crippen LogP contribution in [-0.4, -0.2) is 34.8 Å². The first-order valence-electron chi connectivity index (χ1n) is 7.47. The molecule has 1 saturated heterocycles. The van der Waals surface area contributed by atoms with Crippen molar-refractivity contribution in [2.45, 2.75) is 64.5 Å². The molecule has 0 aromatic heterocycles. The molecule has 19 heavy (non-hydrogen) atoms. The van der Waals surface area contributed by atoms with Crippen molar-refractivity contribution in [3.63, 3.8) is 0 Å². The van der Waals surface area contributed by atoms with Gasteiger partial charge in [0.05, 0.1) is 6.54 Å². The Morgan fingerprint density at radius 3 is 2.37 bits per heavy atom. The van der Waals surface area contributed by atoms with Crippen LogP contribution in [-0.2, 0) is 9.59 Å². The van der Waals surface area contributed by atoms with Gasteiger partial charge in [-0.1, -0.05) is 20.3 Å². The van der Waals surface area contributed by atoms with E-state index in [0.717, 1.165) is 32.1 Å². The Morgan fingerprint density at radius 2 is 1.84 bits per heavy atom. The Labute approximate surface area is 114 Å². The van der Waals surface area contributed by atoms with Crippen LogP contribution in [0.15, 0.2) is 0 Å². The van der Waals surface area contributed by atoms with Gasteiger partial charge in [0.2, 0.25) is 11.8 Å². The molecule has 1 heterocycles. The summed E-state index contributed by atoms with van der Waals surface area (Å²) < 4.78 is 0. The molecule has 2 amide bonds. The van der Waals surface area contributed by atoms with Crippen LogP contribution in [0.4, 0.5) is 0 Å². The lowest BCUT2D eigenvalue weighted by Crippen LogP contribution is -2.69. The fourth-order valence-corrected chi connectivity index (χ4v) is 3.98. The molecule has 2 aliphatic carbocycles. The lowest BCUT2D eigenvalue weighted by atomic mass is 9.83. The summed E-state index contributed by atoms with van der Waals surface area (Å²) >= 11 is 0. The molecule has 3 rings (SSSR count). The van der Waals surface area contributed by atoms with E-state index < -0.39 is 5.54 Å². The van der Waals surface area contributed by atoms with Gasteiger partial charge >= 0.3 is 0 Å². The average Bonchev–Trinajstić information content (AvgIpc) is 3.09. The van der Waals surface area contributed by atoms with Crippen molar-refractivity contribution in [3.8, 4) is 0 Å². The van der Waals surface area contributed by atoms with Crippen LogP contribution in [0.5, 0.6) is 0 Å². The number of hydrogen-bond acceptors (Lipinski definition) is 2. The quantitative estimate of drug-likeness (QED) is 0.825. The predicted octanol–water partition coefficient (Wildman–Crippen LogP) is 1.69. The zero-order valence-corrected chi connectivity index (χ0v) is 12.2. The monoisotopic (exact) mass is 264 g/mol. The van der Waals surface area contributed by atoms with Gasteiger partial charge < -0.3 is 10.2 Å². The van der Waals surface area contributed by atoms with Gasteiger partial charge in [-0.05, 0) is 43.9 Å². The number of rotatable bonds is 2. The number of hydrogen-bond donors (Lipinski definition) is 1. The van der Waals surface area contributed by atoms with Crippen LogP contribution >= 0.6 is 0 Å². The molecule has 2 unspecified atom stereocenters. The lowest BCUT2D eigenvalue weighted by molar-refractivity contribution is -0.154. The Balaban J connectivity index is 1.88. The Kier molecular flexibility index (Phi) is 2.70. The smallest absolute Gasteiger partial charge is 0.249 e. The summed E-state index contributed by atoms with van der Waals surface area (Å²) in [6.07, 6.45) is 5.45. The molecule has 0 radical (unpaired) electrons. The summed E-state index contributed by atoms with van der Waals surface area (Å²) in [5.74, 6) is 0.502. The number of carbonyl (C=O) groups is 2. The largest absolute Gasteiger partial charge is 0.340 e. The van der Waals surface area contributed by atoms with Crippen LogP contribution < -0.4 is 5.32 Å². The molecule has 4 nitrogen and oxygen atoms in total. The molecule has 2 atom stereocenters. The van der Waals surface area contributed by atoms with E-state index >= 15 is 0 Å². The number of carbonyl (C=O) groups excluding carboxylic acids is 2. The second kappa shape index (κ2) is 3.97. The fourth-order valence-electron chi connectivity index (χ4n) is 3.98. The van der Waals surface area contributed by atoms with Crippen molar-refractivity contribution in [3.05, 3.63) is 0 Å². The highest BCUT2D eigenvalue weighted by atomic mass is 16.2. The van der Waals surface area contributed by atoms with Crippen LogP contribution in [0.1, 0.15) is 52.9 Å². The summed E-state index contributed by atoms with van der Waals surface area (Å²) in [6.45, 7) is 6.60. The molecule has 0 aromatic rings. The number of amides is 2. The molecule has 1 aliphatic heterocycles. The van der Waals surface area contributed by atoms with E-state index in [4.69, 9.17) is 0 Å². The second-order valence-corrected chi connectivity index (χ2v) is 7.35. The maximum Gasteiger partial charge on any atom is 0.249 e. The molecular formula is C15H24N2O2. The zero-order valence-electron chi connectivity index (χ0n) is 12.2. The van der Waals surface area contributed by atoms with Gasteiger partial charge in [-0.15, -0.1) is 0 Å². The molecule has 1 N–H and O–H groups in total. The summed E-state index contributed by atoms with van der Waals surface area (Å²) in [7, 11) is 0. The van der Waals surface area contributed by atoms with Gasteiger partial charge in [-0.3, -0.25) is 9.59 Å². The van der Waals surface area contributed by atoms with Crippen molar-refractivity contribution in [2.75, 3.05) is 6.54 Å². The van der Waals surface area contributed by atoms with E-state index in [1.807, 2.05) is 11.8 Å². The third-order valence-corrected chi connectivity index (χ3v) is 5.39. The van der Waals surface area contributed by atoms with E-state index in [-0.39, 0.29) is 29.8 Å². The Bertz CT molecular complexity index is 428. The SMILES string of the molecule is CC1(C)CCCC1N1CC(=O)NC(C)(C2CC2)C1=O. The van der Waals surface area contributed by atoms with Crippen LogP contribution in [0.3, 0.4) is 0 Å². The Hall–Kier alpha value is -1.06. The highest BCUT2D eigenvalue weighted by Gasteiger charge is 2.55. The maximum atomic E-state index is 12.9. The summed E-state index contributed by atoms with van der Waals surface area (Å²) in [4.78, 5) is 26.8. The minimum absolute atomic E-state index is 0.0108. The zero-order chi connectivity index (χ0) is 13.8. The first-order chi connectivity index (χ1) is 8.84. The van der Waals surface area contributed by atoms with E-state index in [1.54, 1.807) is 0 Å². The van der Waals surface area contributed by atoms with Gasteiger partial charge in [0.25, 0.3) is 0 Å². The normalized spacial score (nSPS) is 38.5. The predicted molar refractivity (Wildman–Crippen MR) is 72.4 cm³/mol. The highest BCUT2D eigenvalue weighted by Crippen LogP contribution is 2.45. The number of nitrogens with zero attached hydrogens (tertiary/aromatic N) is 1. The molecular weight excluding hydrogens is 240 g/mol. The standard InChI is InChI=1S/C15H24N2O2/c1-14(2)8-4-5-11(14)17-9-12(18)16-15(3,13(17)19)10-6-7-10/h10-11H,4-9H2,1-3H3,(H,16,18). The second-order valence-electron chi connectivity index (χ2n) is 7.35. The van der Waals surface area contributed by atoms with Gasteiger partial charge in [0.1, 0.15) is 5.54 Å². The van der Waals surface area contributed by atoms with Gasteiger partial charge in [0.15, 0.2) is 0 Å². The topological polar surface area (TPSA) is 49.4 Å². The molecule has 3 fully saturated rings. The summed E-state index contributed by atoms with van der Waals surface area (Å²) in [5, 5.41) is 2.96. The highest BCUT2D eigenvalue weighted by molar-refractivity contribution is 5.98. The van der Waals surface area contributed by atoms with Gasteiger partial charge in [-0.25, -0.2) is 0 Å². The first kappa shape index (κ1) is 12.9. The summed E-state index contributed by atoms with van der Waals surface area (Å²) in [6, 6.07) is 0.226. The van der Waals surface area contributed by atoms with Gasteiger partial charge in [0, 0.05) is 6.04 Å². The van der Waals surface area contributed by atoms with E-state index in [2.05, 4.69) is 19.2 Å². The van der Waals surface area contributed by atoms with E-state index in [0.29, 0.717) is 5.92 Å². The molecule has 106 valence electrons. The number of nitrogens with one attached hydrogen (secondary N) is 1. The molecule has 4 heteroatoms. The number of piperazine rings is 1. The Morgan fingerprint density at radius 1 is 1.16 bits per heavy atom. The molecule has 0 aromatic carbocycles. The molecule has 0 bridgehead atoms. The molecule has 0 spiro atoms. The third-order valence-electron chi connectivity index (χ3n) is 5.39. The first-order valence-corrected chi connectivity index (χ1v) is 7.47. The minimum Gasteiger partial charge on any atom is -0.340 e. The van der Waals surface area contributed by atoms with Crippen LogP contribution in [0, 0.1) is 11.3 Å². The maximum absolute atomic E-state index is 12.9. The van der Waals surface area contributed by atoms with E-state index in [9.17, 15) is 9.59 Å². The van der Waals surface area contributed by atoms with Gasteiger partial charge in [-0.2, -0.15) is 0 Å². The van der Waals surface area contributed by atoms with Crippen LogP contribution in [0.2, 0.25) is 0 Å². The minimum atomic E-state index is -0.645. The average molecular weight is 264 g/mol. The third kappa shape index (κ3) is 1.96. The van der Waals surface area contributed by atoms with Crippen molar-refractivity contribution in [1.29, 1.82) is 0 Å². The fraction of sp³-hybridized carbons (Fsp3) is 0.867. The summed E-state index contributed by atoms with van der Waals surface area (Å²) in [5.41, 5.74) is -0.508. The van der Waals surface area contributed by atoms with E-state index in [1.165, 1.54) is 0 Å². The van der Waals surface area contributed by atoms with Crippen LogP contribution in [0.25, 0.3) is 0 Å². The molecule has 2 saturated carbocycles. The van der Waals surface area contributed by atoms with Crippen molar-refractivity contribution < 1.29 is 9.59 Å². The van der Waals surface area contributed by atoms with Crippen molar-refractivity contribution >= 4 is 11.8 Å². The van der Waals surface area contributed by atoms with Crippen molar-refractivity contribution in [2.24, 2.45) is 11.3 Å². The molecule has 3 aliphatic rings. The lowest BCUT2D eigenvalue weighted by Gasteiger charge is -2.46. The van der Waals surface area contributed by atoms with Crippen molar-refractivity contribution in [1.82, 2.24) is 10.2 Å².